The fourth-order valence-corrected chi connectivity index (χ4v) is 2.27. The molecular weight excluding hydrogens is 272 g/mol. The summed E-state index contributed by atoms with van der Waals surface area (Å²) in [6.07, 6.45) is -0.922. The molecule has 0 saturated heterocycles. The molecule has 1 atom stereocenters. The van der Waals surface area contributed by atoms with Gasteiger partial charge in [0.1, 0.15) is 11.5 Å². The number of aromatic hydroxyl groups is 2. The highest BCUT2D eigenvalue weighted by molar-refractivity contribution is 5.84. The molecule has 2 rings (SSSR count). The van der Waals surface area contributed by atoms with E-state index in [0.717, 1.165) is 0 Å². The second-order valence-corrected chi connectivity index (χ2v) is 4.85. The Balaban J connectivity index is 2.67. The quantitative estimate of drug-likeness (QED) is 0.462. The zero-order valence-corrected chi connectivity index (χ0v) is 11.3. The fraction of sp³-hybridized carbons (Fsp3) is 0.200. The van der Waals surface area contributed by atoms with Crippen LogP contribution in [0.15, 0.2) is 30.3 Å². The van der Waals surface area contributed by atoms with Gasteiger partial charge in [-0.05, 0) is 35.4 Å². The molecule has 0 spiro atoms. The van der Waals surface area contributed by atoms with Gasteiger partial charge >= 0.3 is 0 Å². The summed E-state index contributed by atoms with van der Waals surface area (Å²) in [5.74, 6) is -0.250. The van der Waals surface area contributed by atoms with Crippen molar-refractivity contribution >= 4 is 11.4 Å². The number of nitrogens with two attached hydrogens (primary N) is 2. The van der Waals surface area contributed by atoms with Gasteiger partial charge in [0.05, 0.1) is 18.3 Å². The highest BCUT2D eigenvalue weighted by Crippen LogP contribution is 2.41. The molecule has 0 radical (unpaired) electrons. The normalized spacial score (nSPS) is 12.3. The van der Waals surface area contributed by atoms with Crippen molar-refractivity contribution in [3.63, 3.8) is 0 Å². The van der Waals surface area contributed by atoms with E-state index in [1.54, 1.807) is 6.07 Å². The highest BCUT2D eigenvalue weighted by Gasteiger charge is 2.18. The Morgan fingerprint density at radius 2 is 1.67 bits per heavy atom. The number of anilines is 2. The number of benzene rings is 2. The van der Waals surface area contributed by atoms with Gasteiger partial charge in [0, 0.05) is 17.8 Å². The number of hydrogen-bond acceptors (Lipinski definition) is 6. The molecule has 0 amide bonds. The molecule has 0 saturated carbocycles. The number of aliphatic hydroxyl groups is 2. The van der Waals surface area contributed by atoms with Crippen LogP contribution in [0.1, 0.15) is 5.56 Å². The third-order valence-corrected chi connectivity index (χ3v) is 3.25. The summed E-state index contributed by atoms with van der Waals surface area (Å²) in [5, 5.41) is 38.6. The molecule has 0 aromatic heterocycles. The summed E-state index contributed by atoms with van der Waals surface area (Å²) < 4.78 is 0. The topological polar surface area (TPSA) is 133 Å². The van der Waals surface area contributed by atoms with Gasteiger partial charge in [-0.2, -0.15) is 0 Å². The Bertz CT molecular complexity index is 638. The summed E-state index contributed by atoms with van der Waals surface area (Å²) in [7, 11) is 0. The van der Waals surface area contributed by atoms with E-state index in [1.165, 1.54) is 24.3 Å². The molecule has 112 valence electrons. The Labute approximate surface area is 121 Å². The number of hydrogen-bond donors (Lipinski definition) is 6. The van der Waals surface area contributed by atoms with E-state index in [4.69, 9.17) is 16.6 Å². The third-order valence-electron chi connectivity index (χ3n) is 3.25. The molecule has 6 nitrogen and oxygen atoms in total. The lowest BCUT2D eigenvalue weighted by molar-refractivity contribution is 0.0957. The molecule has 0 aliphatic carbocycles. The fourth-order valence-electron chi connectivity index (χ4n) is 2.27. The maximum atomic E-state index is 9.99. The lowest BCUT2D eigenvalue weighted by Crippen LogP contribution is -2.17. The minimum atomic E-state index is -0.998. The van der Waals surface area contributed by atoms with Crippen molar-refractivity contribution in [3.05, 3.63) is 35.9 Å². The van der Waals surface area contributed by atoms with E-state index < -0.39 is 12.7 Å². The van der Waals surface area contributed by atoms with Gasteiger partial charge in [-0.25, -0.2) is 0 Å². The van der Waals surface area contributed by atoms with E-state index in [-0.39, 0.29) is 23.5 Å². The monoisotopic (exact) mass is 290 g/mol. The molecule has 0 aliphatic heterocycles. The molecular formula is C15H18N2O4. The smallest absolute Gasteiger partial charge is 0.127 e. The molecule has 21 heavy (non-hydrogen) atoms. The van der Waals surface area contributed by atoms with Gasteiger partial charge in [0.2, 0.25) is 0 Å². The van der Waals surface area contributed by atoms with Gasteiger partial charge in [0.15, 0.2) is 0 Å². The molecule has 6 heteroatoms. The molecule has 0 heterocycles. The summed E-state index contributed by atoms with van der Waals surface area (Å²) in [5.41, 5.74) is 13.5. The van der Waals surface area contributed by atoms with Crippen LogP contribution < -0.4 is 11.5 Å². The van der Waals surface area contributed by atoms with Crippen LogP contribution in [0, 0.1) is 0 Å². The molecule has 8 N–H and O–H groups in total. The zero-order valence-electron chi connectivity index (χ0n) is 11.3. The molecule has 1 unspecified atom stereocenters. The van der Waals surface area contributed by atoms with Crippen LogP contribution in [-0.4, -0.2) is 33.1 Å². The zero-order chi connectivity index (χ0) is 15.6. The van der Waals surface area contributed by atoms with Crippen LogP contribution in [0.4, 0.5) is 11.4 Å². The number of phenols is 2. The lowest BCUT2D eigenvalue weighted by atomic mass is 9.92. The highest BCUT2D eigenvalue weighted by atomic mass is 16.3. The van der Waals surface area contributed by atoms with E-state index in [2.05, 4.69) is 0 Å². The van der Waals surface area contributed by atoms with Gasteiger partial charge in [-0.3, -0.25) is 0 Å². The van der Waals surface area contributed by atoms with Crippen LogP contribution in [0.2, 0.25) is 0 Å². The minimum Gasteiger partial charge on any atom is -0.507 e. The SMILES string of the molecule is Nc1cc(N)c(CC(O)CO)c(-c2c(O)cccc2O)c1. The van der Waals surface area contributed by atoms with Crippen molar-refractivity contribution in [2.45, 2.75) is 12.5 Å². The summed E-state index contributed by atoms with van der Waals surface area (Å²) >= 11 is 0. The summed E-state index contributed by atoms with van der Waals surface area (Å²) in [6.45, 7) is -0.421. The average molecular weight is 290 g/mol. The summed E-state index contributed by atoms with van der Waals surface area (Å²) in [6, 6.07) is 7.46. The minimum absolute atomic E-state index is 0.0751. The Morgan fingerprint density at radius 3 is 2.24 bits per heavy atom. The summed E-state index contributed by atoms with van der Waals surface area (Å²) in [4.78, 5) is 0. The lowest BCUT2D eigenvalue weighted by Gasteiger charge is -2.17. The predicted molar refractivity (Wildman–Crippen MR) is 80.8 cm³/mol. The average Bonchev–Trinajstić information content (AvgIpc) is 2.41. The van der Waals surface area contributed by atoms with Gasteiger partial charge in [0.25, 0.3) is 0 Å². The first-order valence-corrected chi connectivity index (χ1v) is 6.42. The van der Waals surface area contributed by atoms with E-state index in [0.29, 0.717) is 22.5 Å². The Kier molecular flexibility index (Phi) is 4.21. The maximum Gasteiger partial charge on any atom is 0.127 e. The van der Waals surface area contributed by atoms with Crippen molar-refractivity contribution < 1.29 is 20.4 Å². The number of nitrogen functional groups attached to an aromatic ring is 2. The molecule has 0 fully saturated rings. The van der Waals surface area contributed by atoms with Crippen LogP contribution in [-0.2, 0) is 6.42 Å². The van der Waals surface area contributed by atoms with Crippen molar-refractivity contribution in [1.82, 2.24) is 0 Å². The molecule has 2 aromatic carbocycles. The second-order valence-electron chi connectivity index (χ2n) is 4.85. The Hall–Kier alpha value is -2.44. The first-order valence-electron chi connectivity index (χ1n) is 6.42. The van der Waals surface area contributed by atoms with Crippen LogP contribution >= 0.6 is 0 Å². The van der Waals surface area contributed by atoms with Crippen molar-refractivity contribution in [2.24, 2.45) is 0 Å². The second kappa shape index (κ2) is 5.90. The molecule has 0 aliphatic rings. The molecule has 2 aromatic rings. The largest absolute Gasteiger partial charge is 0.507 e. The van der Waals surface area contributed by atoms with Crippen LogP contribution in [0.25, 0.3) is 11.1 Å². The van der Waals surface area contributed by atoms with Crippen LogP contribution in [0.5, 0.6) is 11.5 Å². The standard InChI is InChI=1S/C15H18N2O4/c16-8-4-11(15-13(20)2-1-3-14(15)21)10(12(17)5-8)6-9(19)7-18/h1-5,9,18-21H,6-7,16-17H2. The van der Waals surface area contributed by atoms with Gasteiger partial charge in [-0.15, -0.1) is 0 Å². The van der Waals surface area contributed by atoms with Gasteiger partial charge in [-0.1, -0.05) is 6.07 Å². The van der Waals surface area contributed by atoms with Crippen molar-refractivity contribution in [3.8, 4) is 22.6 Å². The van der Waals surface area contributed by atoms with E-state index in [1.807, 2.05) is 0 Å². The van der Waals surface area contributed by atoms with E-state index >= 15 is 0 Å². The predicted octanol–water partition coefficient (Wildman–Crippen LogP) is 0.825. The number of rotatable bonds is 4. The number of phenolic OH excluding ortho intramolecular Hbond substituents is 2. The first-order chi connectivity index (χ1) is 9.93. The van der Waals surface area contributed by atoms with Gasteiger partial charge < -0.3 is 31.9 Å². The molecule has 0 bridgehead atoms. The first kappa shape index (κ1) is 15.0. The van der Waals surface area contributed by atoms with Crippen molar-refractivity contribution in [2.75, 3.05) is 18.1 Å². The number of aliphatic hydroxyl groups excluding tert-OH is 2. The van der Waals surface area contributed by atoms with Crippen LogP contribution in [0.3, 0.4) is 0 Å². The van der Waals surface area contributed by atoms with E-state index in [9.17, 15) is 15.3 Å². The van der Waals surface area contributed by atoms with Crippen molar-refractivity contribution in [1.29, 1.82) is 0 Å². The third kappa shape index (κ3) is 3.01. The maximum absolute atomic E-state index is 9.99. The Morgan fingerprint density at radius 1 is 1.05 bits per heavy atom.